The van der Waals surface area contributed by atoms with E-state index in [1.165, 1.54) is 21.6 Å². The van der Waals surface area contributed by atoms with E-state index in [0.717, 1.165) is 17.7 Å². The Morgan fingerprint density at radius 1 is 1.32 bits per heavy atom. The Morgan fingerprint density at radius 3 is 2.95 bits per heavy atom. The van der Waals surface area contributed by atoms with Crippen LogP contribution in [0.2, 0.25) is 0 Å². The normalized spacial score (nSPS) is 20.5. The lowest BCUT2D eigenvalue weighted by molar-refractivity contribution is -0.117. The smallest absolute Gasteiger partial charge is 0.407 e. The summed E-state index contributed by atoms with van der Waals surface area (Å²) in [6.45, 7) is 2.32. The Kier molecular flexibility index (Phi) is 5.50. The third kappa shape index (κ3) is 4.46. The second-order valence-electron chi connectivity index (χ2n) is 9.36. The fourth-order valence-electron chi connectivity index (χ4n) is 4.52. The minimum absolute atomic E-state index is 0.0917. The van der Waals surface area contributed by atoms with Crippen LogP contribution in [-0.2, 0) is 16.6 Å². The van der Waals surface area contributed by atoms with Gasteiger partial charge in [0.25, 0.3) is 0 Å². The predicted octanol–water partition coefficient (Wildman–Crippen LogP) is 2.81. The zero-order valence-corrected chi connectivity index (χ0v) is 20.1. The van der Waals surface area contributed by atoms with E-state index in [1.54, 1.807) is 25.4 Å². The van der Waals surface area contributed by atoms with Gasteiger partial charge in [-0.05, 0) is 31.0 Å². The van der Waals surface area contributed by atoms with E-state index >= 15 is 4.39 Å². The first kappa shape index (κ1) is 23.0. The van der Waals surface area contributed by atoms with E-state index in [-0.39, 0.29) is 42.6 Å². The zero-order valence-electron chi connectivity index (χ0n) is 20.1. The quantitative estimate of drug-likeness (QED) is 0.396. The van der Waals surface area contributed by atoms with E-state index < -0.39 is 11.9 Å². The van der Waals surface area contributed by atoms with Crippen LogP contribution in [0.25, 0.3) is 16.8 Å². The molecule has 2 N–H and O–H groups in total. The zero-order chi connectivity index (χ0) is 25.7. The van der Waals surface area contributed by atoms with E-state index in [1.807, 2.05) is 19.1 Å². The number of nitrogens with one attached hydrogen (secondary N) is 2. The van der Waals surface area contributed by atoms with Crippen molar-refractivity contribution in [3.05, 3.63) is 59.9 Å². The van der Waals surface area contributed by atoms with Gasteiger partial charge in [0, 0.05) is 42.4 Å². The molecule has 37 heavy (non-hydrogen) atoms. The van der Waals surface area contributed by atoms with Crippen molar-refractivity contribution >= 4 is 23.3 Å². The summed E-state index contributed by atoms with van der Waals surface area (Å²) in [5.41, 5.74) is 3.26. The minimum Gasteiger partial charge on any atom is -0.487 e. The number of ether oxygens (including phenoxy) is 2. The van der Waals surface area contributed by atoms with Gasteiger partial charge in [0.05, 0.1) is 17.9 Å². The molecule has 190 valence electrons. The summed E-state index contributed by atoms with van der Waals surface area (Å²) < 4.78 is 28.8. The lowest BCUT2D eigenvalue weighted by Gasteiger charge is -2.12. The Hall–Kier alpha value is -4.48. The number of nitrogens with zero attached hydrogens (tertiary/aromatic N) is 5. The summed E-state index contributed by atoms with van der Waals surface area (Å²) >= 11 is 0. The Balaban J connectivity index is 1.19. The molecule has 3 atom stereocenters. The van der Waals surface area contributed by atoms with E-state index in [2.05, 4.69) is 25.8 Å². The highest BCUT2D eigenvalue weighted by Gasteiger charge is 2.45. The summed E-state index contributed by atoms with van der Waals surface area (Å²) in [5, 5.41) is 14.0. The first-order valence-corrected chi connectivity index (χ1v) is 11.9. The SMILES string of the molecule is Cc1ccc(C2C[C@@H]2C(=O)Nc2cc3cc(-c4c(OC[C@H]5COC(=O)N5)cnn4C)c(F)cn3n2)nc1. The second kappa shape index (κ2) is 8.87. The number of halogens is 1. The number of carbonyl (C=O) groups is 2. The first-order valence-electron chi connectivity index (χ1n) is 11.9. The molecule has 0 radical (unpaired) electrons. The average Bonchev–Trinajstić information content (AvgIpc) is 3.21. The van der Waals surface area contributed by atoms with Crippen molar-refractivity contribution in [1.82, 2.24) is 29.7 Å². The number of cyclic esters (lactones) is 1. The van der Waals surface area contributed by atoms with Gasteiger partial charge < -0.3 is 20.1 Å². The molecule has 2 amide bonds. The van der Waals surface area contributed by atoms with Crippen LogP contribution in [0.1, 0.15) is 23.6 Å². The highest BCUT2D eigenvalue weighted by molar-refractivity contribution is 5.95. The molecular formula is C25H24FN7O4. The van der Waals surface area contributed by atoms with E-state index in [4.69, 9.17) is 9.47 Å². The van der Waals surface area contributed by atoms with Gasteiger partial charge in [0.15, 0.2) is 17.4 Å². The van der Waals surface area contributed by atoms with Gasteiger partial charge in [-0.1, -0.05) is 6.07 Å². The fourth-order valence-corrected chi connectivity index (χ4v) is 4.52. The van der Waals surface area contributed by atoms with E-state index in [0.29, 0.717) is 22.8 Å². The van der Waals surface area contributed by atoms with Crippen LogP contribution < -0.4 is 15.4 Å². The molecule has 2 aliphatic rings. The van der Waals surface area contributed by atoms with Crippen molar-refractivity contribution in [3.63, 3.8) is 0 Å². The number of amides is 2. The molecule has 1 unspecified atom stereocenters. The molecule has 0 spiro atoms. The maximum absolute atomic E-state index is 15.2. The van der Waals surface area contributed by atoms with Gasteiger partial charge in [0.1, 0.15) is 24.9 Å². The lowest BCUT2D eigenvalue weighted by atomic mass is 10.1. The molecule has 4 aromatic rings. The van der Waals surface area contributed by atoms with Crippen LogP contribution in [0.4, 0.5) is 15.0 Å². The number of alkyl carbamates (subject to hydrolysis) is 1. The van der Waals surface area contributed by atoms with Crippen molar-refractivity contribution in [3.8, 4) is 17.0 Å². The Morgan fingerprint density at radius 2 is 2.19 bits per heavy atom. The number of rotatable bonds is 7. The molecule has 1 aliphatic heterocycles. The molecule has 4 aromatic heterocycles. The number of hydrogen-bond donors (Lipinski definition) is 2. The van der Waals surface area contributed by atoms with Crippen molar-refractivity contribution in [2.45, 2.75) is 25.3 Å². The topological polar surface area (TPSA) is 125 Å². The molecule has 1 saturated heterocycles. The monoisotopic (exact) mass is 505 g/mol. The molecular weight excluding hydrogens is 481 g/mol. The summed E-state index contributed by atoms with van der Waals surface area (Å²) in [6.07, 6.45) is 4.78. The van der Waals surface area contributed by atoms with Gasteiger partial charge in [0.2, 0.25) is 5.91 Å². The molecule has 6 rings (SSSR count). The molecule has 12 heteroatoms. The van der Waals surface area contributed by atoms with Crippen LogP contribution in [0, 0.1) is 18.7 Å². The number of carbonyl (C=O) groups excluding carboxylic acids is 2. The number of hydrogen-bond acceptors (Lipinski definition) is 7. The Bertz CT molecular complexity index is 1510. The third-order valence-corrected chi connectivity index (χ3v) is 6.58. The number of aromatic nitrogens is 5. The van der Waals surface area contributed by atoms with Crippen molar-refractivity contribution in [1.29, 1.82) is 0 Å². The van der Waals surface area contributed by atoms with Gasteiger partial charge >= 0.3 is 6.09 Å². The largest absolute Gasteiger partial charge is 0.487 e. The van der Waals surface area contributed by atoms with Gasteiger partial charge in [-0.2, -0.15) is 5.10 Å². The summed E-state index contributed by atoms with van der Waals surface area (Å²) in [4.78, 5) is 28.5. The maximum Gasteiger partial charge on any atom is 0.407 e. The van der Waals surface area contributed by atoms with Crippen LogP contribution in [0.15, 0.2) is 42.9 Å². The average molecular weight is 506 g/mol. The molecule has 11 nitrogen and oxygen atoms in total. The number of anilines is 1. The highest BCUT2D eigenvalue weighted by Crippen LogP contribution is 2.47. The molecule has 2 fully saturated rings. The number of aryl methyl sites for hydroxylation is 2. The predicted molar refractivity (Wildman–Crippen MR) is 130 cm³/mol. The van der Waals surface area contributed by atoms with Crippen molar-refractivity contribution in [2.75, 3.05) is 18.5 Å². The molecule has 1 aliphatic carbocycles. The molecule has 1 saturated carbocycles. The lowest BCUT2D eigenvalue weighted by Crippen LogP contribution is -2.32. The van der Waals surface area contributed by atoms with Crippen molar-refractivity contribution < 1.29 is 23.5 Å². The van der Waals surface area contributed by atoms with Crippen molar-refractivity contribution in [2.24, 2.45) is 13.0 Å². The summed E-state index contributed by atoms with van der Waals surface area (Å²) in [7, 11) is 1.68. The Labute approximate surface area is 210 Å². The fraction of sp³-hybridized carbons (Fsp3) is 0.320. The van der Waals surface area contributed by atoms with Crippen LogP contribution >= 0.6 is 0 Å². The first-order chi connectivity index (χ1) is 17.9. The minimum atomic E-state index is -0.535. The third-order valence-electron chi connectivity index (χ3n) is 6.58. The summed E-state index contributed by atoms with van der Waals surface area (Å²) in [5.74, 6) is -0.0496. The van der Waals surface area contributed by atoms with Gasteiger partial charge in [-0.15, -0.1) is 5.10 Å². The summed E-state index contributed by atoms with van der Waals surface area (Å²) in [6, 6.07) is 6.95. The molecule has 0 bridgehead atoms. The van der Waals surface area contributed by atoms with Crippen LogP contribution in [0.5, 0.6) is 5.75 Å². The standard InChI is InChI=1S/C25H24FN7O4/c1-13-3-4-20(27-8-13)16-7-17(16)24(34)30-22-6-15-5-18(19(26)10-33(15)31-22)23-21(9-28-32(23)2)36-11-14-12-37-25(35)29-14/h3-6,8-10,14,16-17H,7,11-12H2,1-2H3,(H,29,35)(H,30,31,34)/t14-,16?,17-/m0/s1. The maximum atomic E-state index is 15.2. The van der Waals surface area contributed by atoms with E-state index in [9.17, 15) is 9.59 Å². The highest BCUT2D eigenvalue weighted by atomic mass is 19.1. The van der Waals surface area contributed by atoms with Crippen LogP contribution in [-0.4, -0.2) is 55.6 Å². The second-order valence-corrected chi connectivity index (χ2v) is 9.36. The van der Waals surface area contributed by atoms with Crippen LogP contribution in [0.3, 0.4) is 0 Å². The molecule has 5 heterocycles. The number of fused-ring (bicyclic) bond motifs is 1. The van der Waals surface area contributed by atoms with Gasteiger partial charge in [-0.3, -0.25) is 14.5 Å². The number of pyridine rings is 2. The van der Waals surface area contributed by atoms with Gasteiger partial charge in [-0.25, -0.2) is 13.7 Å². The molecule has 0 aromatic carbocycles.